The fourth-order valence-electron chi connectivity index (χ4n) is 4.80. The van der Waals surface area contributed by atoms with E-state index in [0.29, 0.717) is 5.41 Å². The smallest absolute Gasteiger partial charge is 0.199 e. The topological polar surface area (TPSA) is 98.6 Å². The van der Waals surface area contributed by atoms with Crippen molar-refractivity contribution in [2.75, 3.05) is 26.2 Å². The molecule has 0 fully saturated rings. The Morgan fingerprint density at radius 3 is 1.28 bits per heavy atom. The molecule has 0 radical (unpaired) electrons. The summed E-state index contributed by atoms with van der Waals surface area (Å²) < 4.78 is 20.8. The van der Waals surface area contributed by atoms with Crippen LogP contribution in [0.4, 0.5) is 0 Å². The van der Waals surface area contributed by atoms with Crippen molar-refractivity contribution in [2.24, 2.45) is 31.2 Å². The zero-order valence-electron chi connectivity index (χ0n) is 37.4. The van der Waals surface area contributed by atoms with Gasteiger partial charge < -0.3 is 18.0 Å². The van der Waals surface area contributed by atoms with Crippen molar-refractivity contribution < 1.29 is 18.0 Å². The third-order valence-corrected chi connectivity index (χ3v) is 7.97. The number of hydrogen-bond acceptors (Lipinski definition) is 8. The van der Waals surface area contributed by atoms with E-state index in [4.69, 9.17) is 18.0 Å². The van der Waals surface area contributed by atoms with Gasteiger partial charge in [0.1, 0.15) is 24.4 Å². The Balaban J connectivity index is 0.000000324. The van der Waals surface area contributed by atoms with Crippen molar-refractivity contribution in [3.63, 3.8) is 0 Å². The van der Waals surface area contributed by atoms with E-state index < -0.39 is 0 Å². The molecule has 6 rings (SSSR count). The van der Waals surface area contributed by atoms with Crippen LogP contribution in [0.25, 0.3) is 0 Å². The molecule has 0 unspecified atom stereocenters. The van der Waals surface area contributed by atoms with Crippen LogP contribution in [-0.4, -0.2) is 48.5 Å². The summed E-state index contributed by atoms with van der Waals surface area (Å²) in [6.45, 7) is 42.1. The van der Waals surface area contributed by atoms with Crippen LogP contribution in [0.2, 0.25) is 0 Å². The monoisotopic (exact) mass is 749 g/mol. The highest BCUT2D eigenvalue weighted by molar-refractivity contribution is 6.00. The first-order chi connectivity index (χ1) is 24.6. The zero-order valence-corrected chi connectivity index (χ0v) is 37.4. The fraction of sp³-hybridized carbons (Fsp3) is 0.652. The molecule has 3 aliphatic rings. The van der Waals surface area contributed by atoms with Gasteiger partial charge in [0.2, 0.25) is 0 Å². The van der Waals surface area contributed by atoms with E-state index in [9.17, 15) is 0 Å². The van der Waals surface area contributed by atoms with Crippen LogP contribution in [-0.2, 0) is 21.0 Å². The Labute approximate surface area is 329 Å². The molecule has 304 valence electrons. The van der Waals surface area contributed by atoms with E-state index in [1.807, 2.05) is 24.3 Å². The molecule has 3 aromatic rings. The minimum absolute atomic E-state index is 0.0451. The number of nitrogens with zero attached hydrogens (tertiary/aromatic N) is 4. The van der Waals surface area contributed by atoms with Crippen molar-refractivity contribution in [3.8, 4) is 0 Å². The number of aromatic nitrogens is 1. The van der Waals surface area contributed by atoms with E-state index in [2.05, 4.69) is 157 Å². The van der Waals surface area contributed by atoms with Crippen LogP contribution in [0.15, 0.2) is 89.6 Å². The number of ether oxygens (including phenoxy) is 1. The molecule has 0 aliphatic carbocycles. The minimum atomic E-state index is 0.0451. The van der Waals surface area contributed by atoms with E-state index >= 15 is 0 Å². The van der Waals surface area contributed by atoms with E-state index in [0.717, 1.165) is 49.6 Å². The van der Waals surface area contributed by atoms with Crippen molar-refractivity contribution in [1.29, 1.82) is 0 Å². The first-order valence-electron chi connectivity index (χ1n) is 19.5. The van der Waals surface area contributed by atoms with Gasteiger partial charge in [0.25, 0.3) is 0 Å². The number of furan rings is 2. The molecule has 3 aliphatic heterocycles. The number of rotatable bonds is 0. The molecule has 0 N–H and O–H groups in total. The summed E-state index contributed by atoms with van der Waals surface area (Å²) in [6.07, 6.45) is 13.4. The lowest BCUT2D eigenvalue weighted by molar-refractivity contribution is 0.302. The lowest BCUT2D eigenvalue weighted by Crippen LogP contribution is -2.20. The Morgan fingerprint density at radius 1 is 0.537 bits per heavy atom. The summed E-state index contributed by atoms with van der Waals surface area (Å²) in [6, 6.07) is 7.83. The normalized spacial score (nSPS) is 15.6. The molecule has 0 saturated heterocycles. The van der Waals surface area contributed by atoms with Crippen molar-refractivity contribution in [3.05, 3.63) is 78.8 Å². The average molecular weight is 749 g/mol. The molecule has 8 nitrogen and oxygen atoms in total. The highest BCUT2D eigenvalue weighted by Crippen LogP contribution is 2.24. The van der Waals surface area contributed by atoms with E-state index in [-0.39, 0.29) is 27.1 Å². The molecular formula is C46H76N4O4. The molecule has 0 saturated carbocycles. The number of hydrogen-bond donors (Lipinski definition) is 0. The Morgan fingerprint density at radius 2 is 1.09 bits per heavy atom. The van der Waals surface area contributed by atoms with E-state index in [1.165, 1.54) is 24.3 Å². The number of allylic oxidation sites excluding steroid dienone is 1. The molecule has 54 heavy (non-hydrogen) atoms. The van der Waals surface area contributed by atoms with Gasteiger partial charge in [-0.2, -0.15) is 0 Å². The van der Waals surface area contributed by atoms with Gasteiger partial charge in [-0.25, -0.2) is 4.98 Å². The second kappa shape index (κ2) is 20.8. The molecule has 0 spiro atoms. The zero-order chi connectivity index (χ0) is 41.4. The third-order valence-electron chi connectivity index (χ3n) is 7.97. The van der Waals surface area contributed by atoms with Gasteiger partial charge in [-0.1, -0.05) is 131 Å². The van der Waals surface area contributed by atoms with Crippen LogP contribution in [0, 0.1) is 16.2 Å². The molecular weight excluding hydrogens is 673 g/mol. The quantitative estimate of drug-likeness (QED) is 0.228. The number of oxazole rings is 1. The summed E-state index contributed by atoms with van der Waals surface area (Å²) in [5.41, 5.74) is 3.67. The highest BCUT2D eigenvalue weighted by atomic mass is 16.5. The van der Waals surface area contributed by atoms with Crippen LogP contribution < -0.4 is 0 Å². The van der Waals surface area contributed by atoms with E-state index in [1.54, 1.807) is 25.0 Å². The largest absolute Gasteiger partial charge is 0.479 e. The fourth-order valence-corrected chi connectivity index (χ4v) is 4.80. The Bertz CT molecular complexity index is 1410. The SMILES string of the molecule is CC(C)(C)C1=NCC=C1.CC(C)(C)C1=NCCC1.CC(C)(C)C1=NCCO1.CC(C)(C)c1ccco1.CC(C)(C)c1ccco1.CC(C)(C)c1ncco1. The molecule has 0 aromatic carbocycles. The molecule has 3 aromatic heterocycles. The first-order valence-corrected chi connectivity index (χ1v) is 19.5. The van der Waals surface area contributed by atoms with Gasteiger partial charge in [-0.3, -0.25) is 15.0 Å². The second-order valence-electron chi connectivity index (χ2n) is 19.9. The maximum absolute atomic E-state index is 5.27. The van der Waals surface area contributed by atoms with Crippen LogP contribution in [0.5, 0.6) is 0 Å². The molecule has 6 heterocycles. The molecule has 0 atom stereocenters. The van der Waals surface area contributed by atoms with Gasteiger partial charge in [0, 0.05) is 45.0 Å². The van der Waals surface area contributed by atoms with Crippen LogP contribution in [0.3, 0.4) is 0 Å². The van der Waals surface area contributed by atoms with Gasteiger partial charge in [0.15, 0.2) is 11.8 Å². The number of aliphatic imine (C=N–C) groups is 3. The van der Waals surface area contributed by atoms with Crippen LogP contribution >= 0.6 is 0 Å². The third kappa shape index (κ3) is 19.6. The first kappa shape index (κ1) is 48.3. The summed E-state index contributed by atoms with van der Waals surface area (Å²) in [7, 11) is 0. The maximum Gasteiger partial charge on any atom is 0.199 e. The van der Waals surface area contributed by atoms with Crippen molar-refractivity contribution >= 4 is 17.3 Å². The lowest BCUT2D eigenvalue weighted by atomic mass is 9.88. The van der Waals surface area contributed by atoms with Gasteiger partial charge in [-0.15, -0.1) is 0 Å². The predicted molar refractivity (Wildman–Crippen MR) is 230 cm³/mol. The van der Waals surface area contributed by atoms with Crippen molar-refractivity contribution in [1.82, 2.24) is 4.98 Å². The molecule has 0 bridgehead atoms. The highest BCUT2D eigenvalue weighted by Gasteiger charge is 2.23. The molecule has 8 heteroatoms. The standard InChI is InChI=1S/C8H15N.C8H13N.2C8H12O.C7H13NO.C7H11NO/c4*1-8(2,3)7-5-4-6-9-7;2*1-7(2,3)6-8-4-5-9-6/h4-6H2,1-3H3;4-5H,6H2,1-3H3;2*4-6H,1-3H3;4-5H2,1-3H3;4-5H,1-3H3. The second-order valence-corrected chi connectivity index (χ2v) is 19.9. The summed E-state index contributed by atoms with van der Waals surface area (Å²) in [5.74, 6) is 3.79. The summed E-state index contributed by atoms with van der Waals surface area (Å²) >= 11 is 0. The Hall–Kier alpha value is -3.68. The van der Waals surface area contributed by atoms with Crippen molar-refractivity contribution in [2.45, 2.75) is 154 Å². The van der Waals surface area contributed by atoms with Crippen LogP contribution in [0.1, 0.15) is 155 Å². The maximum atomic E-state index is 5.27. The predicted octanol–water partition coefficient (Wildman–Crippen LogP) is 12.9. The minimum Gasteiger partial charge on any atom is -0.479 e. The van der Waals surface area contributed by atoms with Gasteiger partial charge in [0.05, 0.1) is 31.8 Å². The van der Waals surface area contributed by atoms with Gasteiger partial charge in [-0.05, 0) is 48.6 Å². The summed E-state index contributed by atoms with van der Waals surface area (Å²) in [5, 5.41) is 0. The molecule has 0 amide bonds. The Kier molecular flexibility index (Phi) is 18.7. The average Bonchev–Trinajstić information content (AvgIpc) is 3.89. The lowest BCUT2D eigenvalue weighted by Gasteiger charge is -2.17. The summed E-state index contributed by atoms with van der Waals surface area (Å²) in [4.78, 5) is 17.0. The van der Waals surface area contributed by atoms with Gasteiger partial charge >= 0.3 is 0 Å².